The van der Waals surface area contributed by atoms with Crippen LogP contribution in [0.25, 0.3) is 0 Å². The Kier molecular flexibility index (Phi) is 4.12. The molecule has 112 valence electrons. The van der Waals surface area contributed by atoms with Gasteiger partial charge in [-0.15, -0.1) is 11.3 Å². The molecule has 0 radical (unpaired) electrons. The second-order valence-corrected chi connectivity index (χ2v) is 5.17. The Labute approximate surface area is 121 Å². The monoisotopic (exact) mass is 317 g/mol. The van der Waals surface area contributed by atoms with Crippen molar-refractivity contribution in [3.8, 4) is 0 Å². The van der Waals surface area contributed by atoms with E-state index < -0.39 is 22.4 Å². The third kappa shape index (κ3) is 3.69. The van der Waals surface area contributed by atoms with Gasteiger partial charge in [0.05, 0.1) is 11.5 Å². The topological polar surface area (TPSA) is 68.1 Å². The first kappa shape index (κ1) is 15.2. The Morgan fingerprint density at radius 1 is 1.43 bits per heavy atom. The molecule has 1 aromatic carbocycles. The van der Waals surface area contributed by atoms with Crippen molar-refractivity contribution in [2.24, 2.45) is 0 Å². The number of nitrogens with one attached hydrogen (secondary N) is 1. The Bertz CT molecular complexity index is 670. The number of anilines is 1. The maximum absolute atomic E-state index is 12.8. The van der Waals surface area contributed by atoms with Crippen molar-refractivity contribution in [1.82, 2.24) is 4.98 Å². The first-order valence-corrected chi connectivity index (χ1v) is 6.66. The lowest BCUT2D eigenvalue weighted by molar-refractivity contribution is -0.388. The molecule has 1 N–H and O–H groups in total. The molecule has 0 fully saturated rings. The SMILES string of the molecule is Cc1csc(CNc2ccc([N+](=O)[O-])c(C(F)(F)F)c2)n1. The van der Waals surface area contributed by atoms with Crippen molar-refractivity contribution < 1.29 is 18.1 Å². The molecule has 2 rings (SSSR count). The summed E-state index contributed by atoms with van der Waals surface area (Å²) in [6.45, 7) is 2.07. The van der Waals surface area contributed by atoms with Crippen LogP contribution in [0, 0.1) is 17.0 Å². The van der Waals surface area contributed by atoms with Crippen LogP contribution in [0.2, 0.25) is 0 Å². The van der Waals surface area contributed by atoms with Gasteiger partial charge >= 0.3 is 6.18 Å². The summed E-state index contributed by atoms with van der Waals surface area (Å²) in [7, 11) is 0. The normalized spacial score (nSPS) is 11.4. The van der Waals surface area contributed by atoms with E-state index >= 15 is 0 Å². The summed E-state index contributed by atoms with van der Waals surface area (Å²) in [5.41, 5.74) is -1.25. The van der Waals surface area contributed by atoms with Crippen LogP contribution in [-0.4, -0.2) is 9.91 Å². The van der Waals surface area contributed by atoms with Gasteiger partial charge in [0, 0.05) is 22.8 Å². The van der Waals surface area contributed by atoms with Crippen molar-refractivity contribution in [2.75, 3.05) is 5.32 Å². The zero-order chi connectivity index (χ0) is 15.6. The number of nitro groups is 1. The number of hydrogen-bond donors (Lipinski definition) is 1. The summed E-state index contributed by atoms with van der Waals surface area (Å²) in [6, 6.07) is 2.82. The lowest BCUT2D eigenvalue weighted by Crippen LogP contribution is -2.10. The summed E-state index contributed by atoms with van der Waals surface area (Å²) < 4.78 is 38.4. The lowest BCUT2D eigenvalue weighted by atomic mass is 10.1. The average molecular weight is 317 g/mol. The Balaban J connectivity index is 2.23. The van der Waals surface area contributed by atoms with E-state index in [0.717, 1.165) is 22.8 Å². The van der Waals surface area contributed by atoms with E-state index in [9.17, 15) is 23.3 Å². The molecule has 21 heavy (non-hydrogen) atoms. The number of thiazole rings is 1. The van der Waals surface area contributed by atoms with Crippen molar-refractivity contribution in [3.63, 3.8) is 0 Å². The van der Waals surface area contributed by atoms with Gasteiger partial charge in [-0.1, -0.05) is 0 Å². The fourth-order valence-corrected chi connectivity index (χ4v) is 2.41. The van der Waals surface area contributed by atoms with E-state index in [0.29, 0.717) is 0 Å². The van der Waals surface area contributed by atoms with E-state index in [1.54, 1.807) is 0 Å². The maximum Gasteiger partial charge on any atom is 0.423 e. The summed E-state index contributed by atoms with van der Waals surface area (Å²) in [6.07, 6.45) is -4.78. The molecule has 0 saturated heterocycles. The maximum atomic E-state index is 12.8. The molecule has 0 amide bonds. The number of halogens is 3. The Morgan fingerprint density at radius 2 is 2.14 bits per heavy atom. The van der Waals surface area contributed by atoms with Gasteiger partial charge in [-0.2, -0.15) is 13.2 Å². The number of nitrogens with zero attached hydrogens (tertiary/aromatic N) is 2. The molecular formula is C12H10F3N3O2S. The lowest BCUT2D eigenvalue weighted by Gasteiger charge is -2.10. The number of aromatic nitrogens is 1. The zero-order valence-corrected chi connectivity index (χ0v) is 11.6. The zero-order valence-electron chi connectivity index (χ0n) is 10.8. The highest BCUT2D eigenvalue weighted by molar-refractivity contribution is 7.09. The minimum absolute atomic E-state index is 0.153. The van der Waals surface area contributed by atoms with Crippen LogP contribution < -0.4 is 5.32 Å². The number of benzene rings is 1. The van der Waals surface area contributed by atoms with Gasteiger partial charge in [0.15, 0.2) is 0 Å². The summed E-state index contributed by atoms with van der Waals surface area (Å²) >= 11 is 1.38. The van der Waals surface area contributed by atoms with E-state index in [2.05, 4.69) is 10.3 Å². The highest BCUT2D eigenvalue weighted by atomic mass is 32.1. The van der Waals surface area contributed by atoms with Crippen LogP contribution in [0.5, 0.6) is 0 Å². The third-order valence-corrected chi connectivity index (χ3v) is 3.58. The van der Waals surface area contributed by atoms with E-state index in [1.165, 1.54) is 17.4 Å². The smallest absolute Gasteiger partial charge is 0.379 e. The molecule has 0 spiro atoms. The number of rotatable bonds is 4. The molecule has 0 unspecified atom stereocenters. The minimum Gasteiger partial charge on any atom is -0.379 e. The number of nitro benzene ring substituents is 1. The molecular weight excluding hydrogens is 307 g/mol. The van der Waals surface area contributed by atoms with Gasteiger partial charge in [-0.25, -0.2) is 4.98 Å². The van der Waals surface area contributed by atoms with Gasteiger partial charge in [-0.05, 0) is 19.1 Å². The van der Waals surface area contributed by atoms with Gasteiger partial charge in [0.1, 0.15) is 10.6 Å². The Hall–Kier alpha value is -2.16. The number of hydrogen-bond acceptors (Lipinski definition) is 5. The van der Waals surface area contributed by atoms with E-state index in [-0.39, 0.29) is 12.2 Å². The molecule has 0 saturated carbocycles. The highest BCUT2D eigenvalue weighted by Crippen LogP contribution is 2.37. The predicted molar refractivity (Wildman–Crippen MR) is 72.3 cm³/mol. The summed E-state index contributed by atoms with van der Waals surface area (Å²) in [5, 5.41) is 16.0. The van der Waals surface area contributed by atoms with Crippen LogP contribution in [0.15, 0.2) is 23.6 Å². The molecule has 0 bridgehead atoms. The van der Waals surface area contributed by atoms with Gasteiger partial charge in [0.25, 0.3) is 5.69 Å². The molecule has 9 heteroatoms. The molecule has 1 aromatic heterocycles. The van der Waals surface area contributed by atoms with E-state index in [1.807, 2.05) is 12.3 Å². The average Bonchev–Trinajstić information content (AvgIpc) is 2.81. The van der Waals surface area contributed by atoms with Crippen LogP contribution >= 0.6 is 11.3 Å². The van der Waals surface area contributed by atoms with Crippen molar-refractivity contribution in [1.29, 1.82) is 0 Å². The first-order chi connectivity index (χ1) is 9.77. The molecule has 0 atom stereocenters. The molecule has 2 aromatic rings. The largest absolute Gasteiger partial charge is 0.423 e. The second kappa shape index (κ2) is 5.68. The fraction of sp³-hybridized carbons (Fsp3) is 0.250. The van der Waals surface area contributed by atoms with Crippen LogP contribution in [-0.2, 0) is 12.7 Å². The minimum atomic E-state index is -4.78. The van der Waals surface area contributed by atoms with Gasteiger partial charge in [0.2, 0.25) is 0 Å². The van der Waals surface area contributed by atoms with Crippen LogP contribution in [0.3, 0.4) is 0 Å². The number of alkyl halides is 3. The standard InChI is InChI=1S/C12H10F3N3O2S/c1-7-6-21-11(17-7)5-16-8-2-3-10(18(19)20)9(4-8)12(13,14)15/h2-4,6,16H,5H2,1H3. The van der Waals surface area contributed by atoms with Crippen LogP contribution in [0.1, 0.15) is 16.3 Å². The van der Waals surface area contributed by atoms with Crippen molar-refractivity contribution in [2.45, 2.75) is 19.6 Å². The van der Waals surface area contributed by atoms with Crippen molar-refractivity contribution in [3.05, 3.63) is 50.0 Å². The molecule has 0 aliphatic carbocycles. The van der Waals surface area contributed by atoms with Gasteiger partial charge in [-0.3, -0.25) is 10.1 Å². The molecule has 1 heterocycles. The van der Waals surface area contributed by atoms with Crippen molar-refractivity contribution >= 4 is 22.7 Å². The molecule has 0 aliphatic heterocycles. The van der Waals surface area contributed by atoms with Crippen LogP contribution in [0.4, 0.5) is 24.5 Å². The van der Waals surface area contributed by atoms with E-state index in [4.69, 9.17) is 0 Å². The fourth-order valence-electron chi connectivity index (χ4n) is 1.69. The quantitative estimate of drug-likeness (QED) is 0.684. The molecule has 0 aliphatic rings. The predicted octanol–water partition coefficient (Wildman–Crippen LogP) is 3.99. The Morgan fingerprint density at radius 3 is 2.67 bits per heavy atom. The highest BCUT2D eigenvalue weighted by Gasteiger charge is 2.38. The number of aryl methyl sites for hydroxylation is 1. The first-order valence-electron chi connectivity index (χ1n) is 5.78. The van der Waals surface area contributed by atoms with Gasteiger partial charge < -0.3 is 5.32 Å². The summed E-state index contributed by atoms with van der Waals surface area (Å²) in [5.74, 6) is 0. The summed E-state index contributed by atoms with van der Waals surface area (Å²) in [4.78, 5) is 13.8. The second-order valence-electron chi connectivity index (χ2n) is 4.22. The third-order valence-electron chi connectivity index (χ3n) is 2.61. The molecule has 5 nitrogen and oxygen atoms in total.